The molecule has 4 bridgehead atoms. The Morgan fingerprint density at radius 2 is 1.66 bits per heavy atom. The van der Waals surface area contributed by atoms with E-state index in [1.165, 1.54) is 19.3 Å². The molecule has 29 heavy (non-hydrogen) atoms. The number of carbonyl (C=O) groups excluding carboxylic acids is 2. The van der Waals surface area contributed by atoms with Crippen molar-refractivity contribution < 1.29 is 19.1 Å². The van der Waals surface area contributed by atoms with E-state index in [-0.39, 0.29) is 29.7 Å². The van der Waals surface area contributed by atoms with Gasteiger partial charge < -0.3 is 25.0 Å². The molecule has 0 aromatic heterocycles. The number of urea groups is 1. The van der Waals surface area contributed by atoms with Crippen molar-refractivity contribution in [2.75, 3.05) is 32.8 Å². The molecule has 6 aliphatic rings. The monoisotopic (exact) mass is 405 g/mol. The van der Waals surface area contributed by atoms with Crippen LogP contribution >= 0.6 is 0 Å². The van der Waals surface area contributed by atoms with E-state index in [1.807, 2.05) is 4.90 Å². The molecule has 0 spiro atoms. The summed E-state index contributed by atoms with van der Waals surface area (Å²) in [6.45, 7) is 3.19. The van der Waals surface area contributed by atoms with Gasteiger partial charge in [0, 0.05) is 37.5 Å². The highest BCUT2D eigenvalue weighted by atomic mass is 16.7. The highest BCUT2D eigenvalue weighted by Crippen LogP contribution is 2.55. The molecule has 0 aromatic rings. The maximum Gasteiger partial charge on any atom is 0.315 e. The zero-order chi connectivity index (χ0) is 19.8. The van der Waals surface area contributed by atoms with Crippen molar-refractivity contribution in [3.63, 3.8) is 0 Å². The van der Waals surface area contributed by atoms with Gasteiger partial charge in [-0.25, -0.2) is 4.79 Å². The molecule has 3 amide bonds. The fraction of sp³-hybridized carbons (Fsp3) is 0.909. The molecule has 7 nitrogen and oxygen atoms in total. The maximum absolute atomic E-state index is 12.6. The highest BCUT2D eigenvalue weighted by molar-refractivity contribution is 5.78. The number of carbonyl (C=O) groups is 2. The number of ether oxygens (including phenoxy) is 2. The van der Waals surface area contributed by atoms with Gasteiger partial charge in [-0.2, -0.15) is 0 Å². The summed E-state index contributed by atoms with van der Waals surface area (Å²) in [5.41, 5.74) is 0.0181. The van der Waals surface area contributed by atoms with Crippen LogP contribution in [0.4, 0.5) is 4.79 Å². The molecule has 2 saturated heterocycles. The van der Waals surface area contributed by atoms with Crippen LogP contribution in [0.15, 0.2) is 0 Å². The predicted molar refractivity (Wildman–Crippen MR) is 107 cm³/mol. The third kappa shape index (κ3) is 4.26. The average molecular weight is 406 g/mol. The van der Waals surface area contributed by atoms with E-state index in [2.05, 4.69) is 10.6 Å². The average Bonchev–Trinajstić information content (AvgIpc) is 3.21. The van der Waals surface area contributed by atoms with E-state index < -0.39 is 0 Å². The van der Waals surface area contributed by atoms with Gasteiger partial charge in [0.1, 0.15) is 0 Å². The molecule has 2 heterocycles. The van der Waals surface area contributed by atoms with Crippen molar-refractivity contribution in [2.24, 2.45) is 23.7 Å². The van der Waals surface area contributed by atoms with Gasteiger partial charge >= 0.3 is 6.03 Å². The van der Waals surface area contributed by atoms with Gasteiger partial charge in [-0.1, -0.05) is 0 Å². The summed E-state index contributed by atoms with van der Waals surface area (Å²) < 4.78 is 11.2. The molecule has 4 saturated carbocycles. The van der Waals surface area contributed by atoms with E-state index in [9.17, 15) is 9.59 Å². The molecule has 4 aliphatic carbocycles. The minimum absolute atomic E-state index is 0.0181. The Labute approximate surface area is 173 Å². The van der Waals surface area contributed by atoms with Gasteiger partial charge in [0.2, 0.25) is 5.91 Å². The Morgan fingerprint density at radius 1 is 1.00 bits per heavy atom. The van der Waals surface area contributed by atoms with Crippen molar-refractivity contribution in [1.82, 2.24) is 15.5 Å². The van der Waals surface area contributed by atoms with E-state index in [0.29, 0.717) is 32.7 Å². The van der Waals surface area contributed by atoms with Crippen molar-refractivity contribution in [1.29, 1.82) is 0 Å². The van der Waals surface area contributed by atoms with E-state index >= 15 is 0 Å². The molecule has 162 valence electrons. The van der Waals surface area contributed by atoms with E-state index in [0.717, 1.165) is 56.4 Å². The predicted octanol–water partition coefficient (Wildman–Crippen LogP) is 2.26. The van der Waals surface area contributed by atoms with Crippen molar-refractivity contribution in [3.8, 4) is 0 Å². The van der Waals surface area contributed by atoms with Gasteiger partial charge in [-0.15, -0.1) is 0 Å². The lowest BCUT2D eigenvalue weighted by Crippen LogP contribution is -2.61. The smallest absolute Gasteiger partial charge is 0.315 e. The number of nitrogens with zero attached hydrogens (tertiary/aromatic N) is 1. The lowest BCUT2D eigenvalue weighted by molar-refractivity contribution is -0.139. The molecule has 6 fully saturated rings. The van der Waals surface area contributed by atoms with Crippen molar-refractivity contribution in [2.45, 2.75) is 69.6 Å². The molecule has 2 N–H and O–H groups in total. The van der Waals surface area contributed by atoms with Crippen LogP contribution in [0.25, 0.3) is 0 Å². The number of hydrogen-bond acceptors (Lipinski definition) is 4. The number of hydrogen-bond donors (Lipinski definition) is 2. The quantitative estimate of drug-likeness (QED) is 0.735. The van der Waals surface area contributed by atoms with Crippen molar-refractivity contribution >= 4 is 11.9 Å². The lowest BCUT2D eigenvalue weighted by Gasteiger charge is -2.56. The Morgan fingerprint density at radius 3 is 2.31 bits per heavy atom. The first-order valence-corrected chi connectivity index (χ1v) is 11.7. The topological polar surface area (TPSA) is 79.9 Å². The van der Waals surface area contributed by atoms with Crippen LogP contribution in [0.2, 0.25) is 0 Å². The second-order valence-electron chi connectivity index (χ2n) is 10.2. The first-order valence-electron chi connectivity index (χ1n) is 11.7. The van der Waals surface area contributed by atoms with Gasteiger partial charge in [-0.05, 0) is 69.1 Å². The molecule has 1 atom stereocenters. The minimum Gasteiger partial charge on any atom is -0.350 e. The summed E-state index contributed by atoms with van der Waals surface area (Å²) in [5, 5.41) is 6.26. The van der Waals surface area contributed by atoms with E-state index in [1.54, 1.807) is 0 Å². The zero-order valence-corrected chi connectivity index (χ0v) is 17.4. The Balaban J connectivity index is 1.05. The molecule has 0 aromatic carbocycles. The summed E-state index contributed by atoms with van der Waals surface area (Å²) in [6, 6.07) is -0.0935. The summed E-state index contributed by atoms with van der Waals surface area (Å²) in [6.07, 6.45) is 9.76. The van der Waals surface area contributed by atoms with Crippen LogP contribution < -0.4 is 10.6 Å². The van der Waals surface area contributed by atoms with Gasteiger partial charge in [-0.3, -0.25) is 4.79 Å². The summed E-state index contributed by atoms with van der Waals surface area (Å²) in [7, 11) is 0. The summed E-state index contributed by atoms with van der Waals surface area (Å²) in [4.78, 5) is 27.1. The Hall–Kier alpha value is -1.34. The lowest BCUT2D eigenvalue weighted by atomic mass is 9.53. The molecule has 1 unspecified atom stereocenters. The summed E-state index contributed by atoms with van der Waals surface area (Å²) in [5.74, 6) is 2.80. The standard InChI is InChI=1S/C22H35N3O4/c26-19(25-5-1-2-18(14-25)20-28-6-7-29-20)3-4-23-21(27)24-22-11-15-8-16(12-22)10-17(9-15)13-22/h15-18,20H,1-14H2,(H2,23,24,27). The third-order valence-corrected chi connectivity index (χ3v) is 7.88. The van der Waals surface area contributed by atoms with E-state index in [4.69, 9.17) is 9.47 Å². The third-order valence-electron chi connectivity index (χ3n) is 7.88. The number of likely N-dealkylation sites (tertiary alicyclic amines) is 1. The van der Waals surface area contributed by atoms with Gasteiger partial charge in [0.25, 0.3) is 0 Å². The molecule has 2 aliphatic heterocycles. The molecule has 6 rings (SSSR count). The van der Waals surface area contributed by atoms with Crippen molar-refractivity contribution in [3.05, 3.63) is 0 Å². The first kappa shape index (κ1) is 19.6. The fourth-order valence-corrected chi connectivity index (χ4v) is 7.10. The van der Waals surface area contributed by atoms with Gasteiger partial charge in [0.05, 0.1) is 13.2 Å². The van der Waals surface area contributed by atoms with Crippen LogP contribution in [-0.2, 0) is 14.3 Å². The second kappa shape index (κ2) is 8.06. The van der Waals surface area contributed by atoms with Crippen LogP contribution in [0.1, 0.15) is 57.8 Å². The number of nitrogens with one attached hydrogen (secondary N) is 2. The minimum atomic E-state index is -0.158. The Bertz CT molecular complexity index is 598. The number of rotatable bonds is 5. The zero-order valence-electron chi connectivity index (χ0n) is 17.4. The fourth-order valence-electron chi connectivity index (χ4n) is 7.10. The second-order valence-corrected chi connectivity index (χ2v) is 10.2. The first-order chi connectivity index (χ1) is 14.1. The largest absolute Gasteiger partial charge is 0.350 e. The van der Waals surface area contributed by atoms with Gasteiger partial charge in [0.15, 0.2) is 6.29 Å². The number of amides is 3. The SMILES string of the molecule is O=C(NCCC(=O)N1CCCC(C2OCCO2)C1)NC12CC3CC(CC(C3)C1)C2. The molecule has 7 heteroatoms. The number of piperidine rings is 1. The molecular weight excluding hydrogens is 370 g/mol. The van der Waals surface area contributed by atoms with Crippen LogP contribution in [0.3, 0.4) is 0 Å². The molecular formula is C22H35N3O4. The Kier molecular flexibility index (Phi) is 5.45. The van der Waals surface area contributed by atoms with Crippen LogP contribution in [0.5, 0.6) is 0 Å². The van der Waals surface area contributed by atoms with Crippen LogP contribution in [-0.4, -0.2) is 61.5 Å². The highest BCUT2D eigenvalue weighted by Gasteiger charge is 2.51. The normalized spacial score (nSPS) is 39.0. The van der Waals surface area contributed by atoms with Crippen LogP contribution in [0, 0.1) is 23.7 Å². The molecule has 0 radical (unpaired) electrons. The maximum atomic E-state index is 12.6. The summed E-state index contributed by atoms with van der Waals surface area (Å²) >= 11 is 0.